The summed E-state index contributed by atoms with van der Waals surface area (Å²) in [6.45, 7) is 24.4. The van der Waals surface area contributed by atoms with Crippen LogP contribution in [0, 0.1) is 18.8 Å². The predicted octanol–water partition coefficient (Wildman–Crippen LogP) is 20.6. The van der Waals surface area contributed by atoms with E-state index in [1.165, 1.54) is 22.9 Å². The van der Waals surface area contributed by atoms with E-state index in [2.05, 4.69) is 180 Å². The number of hydrogen-bond acceptors (Lipinski definition) is 4. The molecule has 0 amide bonds. The van der Waals surface area contributed by atoms with Crippen molar-refractivity contribution in [1.82, 2.24) is 9.55 Å². The van der Waals surface area contributed by atoms with Crippen LogP contribution in [0.15, 0.2) is 206 Å². The second kappa shape index (κ2) is 20.8. The van der Waals surface area contributed by atoms with Crippen molar-refractivity contribution in [1.29, 1.82) is 0 Å². The third-order valence-corrected chi connectivity index (χ3v) is 16.5. The summed E-state index contributed by atoms with van der Waals surface area (Å²) in [6.07, 6.45) is 3.68. The number of nitrogens with zero attached hydrogens (tertiary/aromatic N) is 4. The van der Waals surface area contributed by atoms with Gasteiger partial charge in [0.05, 0.1) is 12.3 Å². The van der Waals surface area contributed by atoms with Gasteiger partial charge in [0.2, 0.25) is 0 Å². The predicted molar refractivity (Wildman–Crippen MR) is 339 cm³/mol. The molecule has 2 aromatic heterocycles. The molecule has 0 unspecified atom stereocenters. The summed E-state index contributed by atoms with van der Waals surface area (Å²) in [5.74, 6) is 0.916. The fourth-order valence-corrected chi connectivity index (χ4v) is 11.9. The number of aromatic nitrogens is 2. The van der Waals surface area contributed by atoms with Crippen LogP contribution in [0.4, 0.5) is 22.7 Å². The van der Waals surface area contributed by atoms with Gasteiger partial charge in [-0.15, -0.1) is 48.1 Å². The monoisotopic (exact) mass is 1260 g/mol. The molecular formula is C76H69N4OPt-3. The Hall–Kier alpha value is -7.98. The van der Waals surface area contributed by atoms with Crippen LogP contribution in [0.25, 0.3) is 72.1 Å². The fraction of sp³-hybridized carbons (Fsp3) is 0.211. The van der Waals surface area contributed by atoms with Crippen molar-refractivity contribution in [3.63, 3.8) is 0 Å². The first-order valence-electron chi connectivity index (χ1n) is 32.4. The maximum absolute atomic E-state index is 9.32. The van der Waals surface area contributed by atoms with Crippen LogP contribution in [0.2, 0.25) is 0 Å². The van der Waals surface area contributed by atoms with Crippen LogP contribution < -0.4 is 14.5 Å². The molecule has 9 aromatic carbocycles. The van der Waals surface area contributed by atoms with E-state index < -0.39 is 35.6 Å². The summed E-state index contributed by atoms with van der Waals surface area (Å²) < 4.78 is 87.5. The summed E-state index contributed by atoms with van der Waals surface area (Å²) in [5, 5.41) is 0.736. The molecule has 2 aliphatic rings. The third kappa shape index (κ3) is 9.85. The van der Waals surface area contributed by atoms with Gasteiger partial charge in [-0.1, -0.05) is 202 Å². The molecule has 0 saturated carbocycles. The Labute approximate surface area is 512 Å². The molecule has 0 bridgehead atoms. The zero-order chi connectivity index (χ0) is 63.8. The first-order chi connectivity index (χ1) is 42.6. The van der Waals surface area contributed by atoms with Crippen LogP contribution in [-0.2, 0) is 42.7 Å². The first-order valence-corrected chi connectivity index (χ1v) is 27.9. The van der Waals surface area contributed by atoms with Crippen molar-refractivity contribution in [3.8, 4) is 61.8 Å². The molecule has 0 spiro atoms. The number of ether oxygens (including phenoxy) is 1. The van der Waals surface area contributed by atoms with Crippen molar-refractivity contribution in [2.24, 2.45) is 0 Å². The minimum atomic E-state index is -0.677. The summed E-state index contributed by atoms with van der Waals surface area (Å²) in [4.78, 5) is 9.35. The average molecular weight is 1260 g/mol. The molecule has 0 saturated heterocycles. The van der Waals surface area contributed by atoms with Crippen LogP contribution in [0.1, 0.15) is 117 Å². The van der Waals surface area contributed by atoms with Crippen LogP contribution >= 0.6 is 0 Å². The number of pyridine rings is 1. The minimum Gasteiger partial charge on any atom is -0.509 e. The zero-order valence-corrected chi connectivity index (χ0v) is 50.2. The van der Waals surface area contributed by atoms with Crippen LogP contribution in [0.3, 0.4) is 0 Å². The van der Waals surface area contributed by atoms with Crippen LogP contribution in [-0.4, -0.2) is 9.55 Å². The van der Waals surface area contributed by atoms with Crippen LogP contribution in [0.5, 0.6) is 11.5 Å². The molecular weight excluding hydrogens is 1180 g/mol. The van der Waals surface area contributed by atoms with E-state index in [0.717, 1.165) is 63.3 Å². The molecule has 11 aromatic rings. The van der Waals surface area contributed by atoms with Gasteiger partial charge < -0.3 is 19.1 Å². The van der Waals surface area contributed by atoms with Crippen molar-refractivity contribution in [2.75, 3.05) is 9.80 Å². The number of fused-ring (bicyclic) bond motifs is 5. The molecule has 0 radical (unpaired) electrons. The third-order valence-electron chi connectivity index (χ3n) is 16.5. The van der Waals surface area contributed by atoms with Gasteiger partial charge in [-0.3, -0.25) is 0 Å². The number of anilines is 4. The molecule has 0 N–H and O–H groups in total. The van der Waals surface area contributed by atoms with E-state index >= 15 is 0 Å². The smallest absolute Gasteiger partial charge is 0.135 e. The maximum Gasteiger partial charge on any atom is 0.135 e. The molecule has 13 rings (SSSR count). The van der Waals surface area contributed by atoms with Gasteiger partial charge >= 0.3 is 0 Å². The van der Waals surface area contributed by atoms with Gasteiger partial charge in [0.25, 0.3) is 0 Å². The van der Waals surface area contributed by atoms with Gasteiger partial charge in [-0.25, -0.2) is 4.98 Å². The SMILES string of the molecule is [2H]c1c([2H])c([2H])c(-c2cnc(-n3c4[c-]c(Oc5[c-]c(N6[CH-]N(c7c(-c8cccc(-c9ccccc9)c8)cc(C(C)(C)C)cc7-c7ccc8c(c7)C(C)(C)CCC8(C)C)c7ccccc76)ccc5)ccc4c4c([2H])c([2H])c([2H])c([2H])c43)cc2C(C)(C)C)c([2H])c1[2H].[Pt]. The number of para-hydroxylation sites is 3. The molecule has 82 heavy (non-hydrogen) atoms. The molecule has 0 fully saturated rings. The Kier molecular flexibility index (Phi) is 11.3. The second-order valence-corrected chi connectivity index (χ2v) is 25.0. The molecule has 3 heterocycles. The fourth-order valence-electron chi connectivity index (χ4n) is 11.9. The van der Waals surface area contributed by atoms with Gasteiger partial charge in [0.15, 0.2) is 0 Å². The van der Waals surface area contributed by atoms with E-state index in [-0.39, 0.29) is 89.5 Å². The summed E-state index contributed by atoms with van der Waals surface area (Å²) in [5.41, 5.74) is 15.0. The van der Waals surface area contributed by atoms with Gasteiger partial charge in [-0.05, 0) is 132 Å². The molecule has 1 aliphatic carbocycles. The van der Waals surface area contributed by atoms with Crippen molar-refractivity contribution in [2.45, 2.75) is 104 Å². The molecule has 412 valence electrons. The first kappa shape index (κ1) is 44.6. The summed E-state index contributed by atoms with van der Waals surface area (Å²) >= 11 is 0. The topological polar surface area (TPSA) is 33.5 Å². The second-order valence-electron chi connectivity index (χ2n) is 25.0. The van der Waals surface area contributed by atoms with Gasteiger partial charge in [0, 0.05) is 78.0 Å². The largest absolute Gasteiger partial charge is 0.509 e. The normalized spacial score (nSPS) is 16.1. The number of hydrogen-bond donors (Lipinski definition) is 0. The minimum absolute atomic E-state index is 0. The van der Waals surface area contributed by atoms with E-state index in [9.17, 15) is 2.74 Å². The molecule has 1 aliphatic heterocycles. The Morgan fingerprint density at radius 3 is 1.90 bits per heavy atom. The standard InChI is InChI=1S/C76H69N4O.Pt/c1-73(2,3)55-43-61(53-28-21-27-52(41-53)50-23-13-11-14-24-50)72(62(44-55)54-35-38-64-66(42-54)76(9,10)40-39-75(64,7)8)79-49-78(68-33-19-20-34-69(68)79)56-29-22-30-57(45-56)81-58-36-37-60-59-31-17-18-32-67(59)80(70(60)46-58)71-47-65(74(4,5)6)63(48-77-71)51-25-15-12-16-26-51;/h11-38,41-44,47-49H,39-40H2,1-10H3;/q-3;/i12D,15D,16D,17D,18D,25D,26D,31D,32D;. The Morgan fingerprint density at radius 1 is 0.537 bits per heavy atom. The van der Waals surface area contributed by atoms with Crippen molar-refractivity contribution in [3.05, 3.63) is 247 Å². The van der Waals surface area contributed by atoms with E-state index in [0.29, 0.717) is 33.5 Å². The number of rotatable bonds is 9. The molecule has 0 atom stereocenters. The average Bonchev–Trinajstić information content (AvgIpc) is 1.81. The Bertz CT molecular complexity index is 4750. The Balaban J connectivity index is 0.00000800. The van der Waals surface area contributed by atoms with Crippen molar-refractivity contribution >= 4 is 44.6 Å². The quantitative estimate of drug-likeness (QED) is 0.135. The van der Waals surface area contributed by atoms with Gasteiger partial charge in [-0.2, -0.15) is 12.1 Å². The van der Waals surface area contributed by atoms with Gasteiger partial charge in [0.1, 0.15) is 5.82 Å². The maximum atomic E-state index is 9.32. The Morgan fingerprint density at radius 2 is 1.17 bits per heavy atom. The van der Waals surface area contributed by atoms with E-state index in [1.54, 1.807) is 22.8 Å². The van der Waals surface area contributed by atoms with E-state index in [1.807, 2.05) is 45.0 Å². The number of benzene rings is 9. The zero-order valence-electron chi connectivity index (χ0n) is 56.9. The van der Waals surface area contributed by atoms with E-state index in [4.69, 9.17) is 19.3 Å². The molecule has 6 heteroatoms. The summed E-state index contributed by atoms with van der Waals surface area (Å²) in [7, 11) is 0. The van der Waals surface area contributed by atoms with Crippen molar-refractivity contribution < 1.29 is 38.1 Å². The summed E-state index contributed by atoms with van der Waals surface area (Å²) in [6, 6.07) is 54.3. The molecule has 5 nitrogen and oxygen atoms in total.